The number of carbonyl (C=O) groups excluding carboxylic acids is 2. The summed E-state index contributed by atoms with van der Waals surface area (Å²) in [6.07, 6.45) is 0.234. The summed E-state index contributed by atoms with van der Waals surface area (Å²) >= 11 is 1.55. The number of aryl methyl sites for hydroxylation is 1. The van der Waals surface area contributed by atoms with Gasteiger partial charge in [-0.2, -0.15) is 0 Å². The van der Waals surface area contributed by atoms with Crippen LogP contribution in [0.2, 0.25) is 0 Å². The maximum absolute atomic E-state index is 12.9. The molecule has 2 heterocycles. The van der Waals surface area contributed by atoms with E-state index in [4.69, 9.17) is 0 Å². The van der Waals surface area contributed by atoms with Crippen LogP contribution in [-0.2, 0) is 17.8 Å². The summed E-state index contributed by atoms with van der Waals surface area (Å²) in [7, 11) is 0. The van der Waals surface area contributed by atoms with Crippen LogP contribution < -0.4 is 5.32 Å². The van der Waals surface area contributed by atoms with Gasteiger partial charge in [0.1, 0.15) is 5.01 Å². The van der Waals surface area contributed by atoms with Crippen LogP contribution in [0.25, 0.3) is 10.6 Å². The van der Waals surface area contributed by atoms with Gasteiger partial charge in [-0.3, -0.25) is 9.59 Å². The predicted molar refractivity (Wildman–Crippen MR) is 139 cm³/mol. The van der Waals surface area contributed by atoms with Gasteiger partial charge in [0.05, 0.1) is 12.1 Å². The number of benzene rings is 3. The van der Waals surface area contributed by atoms with Crippen molar-refractivity contribution in [2.45, 2.75) is 25.8 Å². The van der Waals surface area contributed by atoms with Crippen molar-refractivity contribution in [1.82, 2.24) is 15.2 Å². The molecule has 176 valence electrons. The van der Waals surface area contributed by atoms with Crippen LogP contribution >= 0.6 is 11.3 Å². The third kappa shape index (κ3) is 5.33. The molecule has 5 rings (SSSR count). The number of rotatable bonds is 8. The number of carbonyl (C=O) groups is 2. The van der Waals surface area contributed by atoms with E-state index in [0.717, 1.165) is 33.0 Å². The molecule has 0 spiro atoms. The Hall–Kier alpha value is -3.77. The van der Waals surface area contributed by atoms with Gasteiger partial charge in [0.2, 0.25) is 5.91 Å². The van der Waals surface area contributed by atoms with Crippen molar-refractivity contribution in [3.63, 3.8) is 0 Å². The average Bonchev–Trinajstić information content (AvgIpc) is 3.47. The Labute approximate surface area is 209 Å². The standard InChI is InChI=1S/C29H27N3O2S/c1-20-8-7-12-22(14-20)28-31-25(19-35-28)15-27(33)30-16-24(21-9-3-2-4-10-21)18-32-17-23-11-5-6-13-26(23)29(32)34/h2-14,19,24H,15-18H2,1H3,(H,30,33)/t24-/m0/s1. The molecule has 5 nitrogen and oxygen atoms in total. The van der Waals surface area contributed by atoms with E-state index in [-0.39, 0.29) is 24.2 Å². The lowest BCUT2D eigenvalue weighted by Crippen LogP contribution is -2.36. The highest BCUT2D eigenvalue weighted by Crippen LogP contribution is 2.27. The van der Waals surface area contributed by atoms with Crippen LogP contribution in [0.5, 0.6) is 0 Å². The molecule has 0 bridgehead atoms. The molecule has 0 unspecified atom stereocenters. The molecule has 0 aliphatic carbocycles. The fraction of sp³-hybridized carbons (Fsp3) is 0.207. The van der Waals surface area contributed by atoms with E-state index >= 15 is 0 Å². The molecule has 2 amide bonds. The lowest BCUT2D eigenvalue weighted by molar-refractivity contribution is -0.120. The van der Waals surface area contributed by atoms with Crippen molar-refractivity contribution < 1.29 is 9.59 Å². The molecule has 6 heteroatoms. The molecule has 1 N–H and O–H groups in total. The van der Waals surface area contributed by atoms with Gasteiger partial charge < -0.3 is 10.2 Å². The highest BCUT2D eigenvalue weighted by molar-refractivity contribution is 7.13. The largest absolute Gasteiger partial charge is 0.355 e. The first-order valence-corrected chi connectivity index (χ1v) is 12.6. The summed E-state index contributed by atoms with van der Waals surface area (Å²) in [4.78, 5) is 32.3. The minimum absolute atomic E-state index is 0.00305. The van der Waals surface area contributed by atoms with Gasteiger partial charge in [-0.15, -0.1) is 11.3 Å². The zero-order valence-electron chi connectivity index (χ0n) is 19.6. The maximum Gasteiger partial charge on any atom is 0.254 e. The lowest BCUT2D eigenvalue weighted by Gasteiger charge is -2.24. The number of aromatic nitrogens is 1. The SMILES string of the molecule is Cc1cccc(-c2nc(CC(=O)NC[C@@H](CN3Cc4ccccc4C3=O)c3ccccc3)cs2)c1. The minimum atomic E-state index is -0.0666. The molecule has 1 aliphatic rings. The number of amides is 2. The smallest absolute Gasteiger partial charge is 0.254 e. The monoisotopic (exact) mass is 481 g/mol. The van der Waals surface area contributed by atoms with Gasteiger partial charge >= 0.3 is 0 Å². The van der Waals surface area contributed by atoms with Crippen LogP contribution in [-0.4, -0.2) is 34.8 Å². The number of thiazole rings is 1. The van der Waals surface area contributed by atoms with E-state index in [1.807, 2.05) is 64.9 Å². The van der Waals surface area contributed by atoms with Gasteiger partial charge in [-0.1, -0.05) is 72.3 Å². The normalized spacial score (nSPS) is 13.5. The molecule has 0 fully saturated rings. The number of hydrogen-bond acceptors (Lipinski definition) is 4. The molecule has 0 saturated heterocycles. The van der Waals surface area contributed by atoms with Crippen molar-refractivity contribution in [3.8, 4) is 10.6 Å². The van der Waals surface area contributed by atoms with Crippen molar-refractivity contribution >= 4 is 23.2 Å². The second kappa shape index (κ2) is 10.2. The minimum Gasteiger partial charge on any atom is -0.355 e. The molecule has 35 heavy (non-hydrogen) atoms. The Bertz CT molecular complexity index is 1350. The highest BCUT2D eigenvalue weighted by Gasteiger charge is 2.29. The molecule has 1 aliphatic heterocycles. The van der Waals surface area contributed by atoms with Gasteiger partial charge in [0.15, 0.2) is 0 Å². The summed E-state index contributed by atoms with van der Waals surface area (Å²) < 4.78 is 0. The van der Waals surface area contributed by atoms with Crippen LogP contribution in [0.4, 0.5) is 0 Å². The second-order valence-electron chi connectivity index (χ2n) is 8.94. The fourth-order valence-corrected chi connectivity index (χ4v) is 5.32. The first-order chi connectivity index (χ1) is 17.1. The Morgan fingerprint density at radius 1 is 1.06 bits per heavy atom. The first-order valence-electron chi connectivity index (χ1n) is 11.8. The highest BCUT2D eigenvalue weighted by atomic mass is 32.1. The third-order valence-corrected chi connectivity index (χ3v) is 7.25. The average molecular weight is 482 g/mol. The van der Waals surface area contributed by atoms with E-state index < -0.39 is 0 Å². The molecule has 1 atom stereocenters. The van der Waals surface area contributed by atoms with Crippen molar-refractivity contribution in [2.24, 2.45) is 0 Å². The summed E-state index contributed by atoms with van der Waals surface area (Å²) in [5.74, 6) is -0.0150. The maximum atomic E-state index is 12.9. The Balaban J connectivity index is 1.23. The summed E-state index contributed by atoms with van der Waals surface area (Å²) in [5, 5.41) is 5.96. The molecule has 4 aromatic rings. The summed E-state index contributed by atoms with van der Waals surface area (Å²) in [6, 6.07) is 26.0. The van der Waals surface area contributed by atoms with Crippen LogP contribution in [0.3, 0.4) is 0 Å². The van der Waals surface area contributed by atoms with Crippen molar-refractivity contribution in [1.29, 1.82) is 0 Å². The zero-order chi connectivity index (χ0) is 24.2. The fourth-order valence-electron chi connectivity index (χ4n) is 4.50. The predicted octanol–water partition coefficient (Wildman–Crippen LogP) is 5.22. The van der Waals surface area contributed by atoms with Crippen LogP contribution in [0, 0.1) is 6.92 Å². The van der Waals surface area contributed by atoms with Crippen molar-refractivity contribution in [3.05, 3.63) is 112 Å². The zero-order valence-corrected chi connectivity index (χ0v) is 20.4. The van der Waals surface area contributed by atoms with Gasteiger partial charge in [0.25, 0.3) is 5.91 Å². The van der Waals surface area contributed by atoms with Gasteiger partial charge in [-0.25, -0.2) is 4.98 Å². The van der Waals surface area contributed by atoms with E-state index in [2.05, 4.69) is 41.5 Å². The first kappa shape index (κ1) is 23.0. The van der Waals surface area contributed by atoms with Crippen molar-refractivity contribution in [2.75, 3.05) is 13.1 Å². The Morgan fingerprint density at radius 3 is 2.66 bits per heavy atom. The summed E-state index contributed by atoms with van der Waals surface area (Å²) in [5.41, 5.74) is 5.96. The molecule has 0 radical (unpaired) electrons. The van der Waals surface area contributed by atoms with E-state index in [1.165, 1.54) is 5.56 Å². The lowest BCUT2D eigenvalue weighted by atomic mass is 9.98. The Kier molecular flexibility index (Phi) is 6.73. The van der Waals surface area contributed by atoms with E-state index in [1.54, 1.807) is 11.3 Å². The van der Waals surface area contributed by atoms with Gasteiger partial charge in [0, 0.05) is 42.1 Å². The molecule has 1 aromatic heterocycles. The quantitative estimate of drug-likeness (QED) is 0.375. The van der Waals surface area contributed by atoms with Crippen LogP contribution in [0.15, 0.2) is 84.2 Å². The van der Waals surface area contributed by atoms with Crippen LogP contribution in [0.1, 0.15) is 38.7 Å². The number of nitrogens with zero attached hydrogens (tertiary/aromatic N) is 2. The molecule has 0 saturated carbocycles. The Morgan fingerprint density at radius 2 is 1.86 bits per heavy atom. The topological polar surface area (TPSA) is 62.3 Å². The number of fused-ring (bicyclic) bond motifs is 1. The van der Waals surface area contributed by atoms with E-state index in [9.17, 15) is 9.59 Å². The molecular formula is C29H27N3O2S. The second-order valence-corrected chi connectivity index (χ2v) is 9.80. The van der Waals surface area contributed by atoms with Gasteiger partial charge in [-0.05, 0) is 30.2 Å². The molecular weight excluding hydrogens is 454 g/mol. The van der Waals surface area contributed by atoms with E-state index in [0.29, 0.717) is 19.6 Å². The third-order valence-electron chi connectivity index (χ3n) is 6.31. The number of hydrogen-bond donors (Lipinski definition) is 1. The molecule has 3 aromatic carbocycles. The summed E-state index contributed by atoms with van der Waals surface area (Å²) in [6.45, 7) is 3.67. The number of nitrogens with one attached hydrogen (secondary N) is 1.